The Hall–Kier alpha value is -3.74. The van der Waals surface area contributed by atoms with Crippen LogP contribution in [-0.2, 0) is 9.53 Å². The number of hydrogen-bond donors (Lipinski definition) is 1. The number of Topliss-reactive ketones (excluding diaryl/α,β-unsaturated/α-hetero) is 1. The minimum atomic E-state index is -0.900. The fourth-order valence-corrected chi connectivity index (χ4v) is 3.05. The Bertz CT molecular complexity index is 1070. The molecule has 31 heavy (non-hydrogen) atoms. The van der Waals surface area contributed by atoms with Crippen molar-refractivity contribution in [3.05, 3.63) is 59.2 Å². The zero-order valence-corrected chi connectivity index (χ0v) is 17.8. The van der Waals surface area contributed by atoms with E-state index in [2.05, 4.69) is 0 Å². The van der Waals surface area contributed by atoms with Gasteiger partial charge in [-0.05, 0) is 55.8 Å². The topological polar surface area (TPSA) is 91.3 Å². The Balaban J connectivity index is 1.68. The summed E-state index contributed by atoms with van der Waals surface area (Å²) in [7, 11) is 2.95. The van der Waals surface area contributed by atoms with Gasteiger partial charge in [-0.2, -0.15) is 0 Å². The van der Waals surface area contributed by atoms with E-state index in [1.165, 1.54) is 33.3 Å². The molecule has 0 radical (unpaired) electrons. The maximum Gasteiger partial charge on any atom is 0.330 e. The fraction of sp³-hybridized carbons (Fsp3) is 0.250. The molecule has 0 unspecified atom stereocenters. The van der Waals surface area contributed by atoms with Crippen LogP contribution in [0.5, 0.6) is 23.0 Å². The summed E-state index contributed by atoms with van der Waals surface area (Å²) in [5.41, 5.74) is 1.01. The number of aromatic hydroxyl groups is 1. The van der Waals surface area contributed by atoms with Crippen LogP contribution in [0.3, 0.4) is 0 Å². The number of benzene rings is 2. The number of methoxy groups -OCH3 is 2. The average Bonchev–Trinajstić information content (AvgIpc) is 2.76. The molecule has 1 aliphatic rings. The predicted molar refractivity (Wildman–Crippen MR) is 116 cm³/mol. The highest BCUT2D eigenvalue weighted by Gasteiger charge is 2.31. The molecule has 1 N–H and O–H groups in total. The van der Waals surface area contributed by atoms with Crippen molar-refractivity contribution in [1.82, 2.24) is 0 Å². The molecule has 0 saturated heterocycles. The smallest absolute Gasteiger partial charge is 0.330 e. The van der Waals surface area contributed by atoms with Gasteiger partial charge in [0.05, 0.1) is 14.2 Å². The quantitative estimate of drug-likeness (QED) is 0.408. The summed E-state index contributed by atoms with van der Waals surface area (Å²) in [6.45, 7) is 3.25. The van der Waals surface area contributed by atoms with E-state index in [-0.39, 0.29) is 18.1 Å². The molecule has 0 aromatic heterocycles. The number of phenols is 1. The van der Waals surface area contributed by atoms with Crippen LogP contribution in [0.4, 0.5) is 0 Å². The zero-order valence-electron chi connectivity index (χ0n) is 17.8. The van der Waals surface area contributed by atoms with Gasteiger partial charge in [-0.25, -0.2) is 4.79 Å². The van der Waals surface area contributed by atoms with Gasteiger partial charge in [-0.15, -0.1) is 0 Å². The minimum Gasteiger partial charge on any atom is -0.504 e. The highest BCUT2D eigenvalue weighted by atomic mass is 16.6. The molecule has 0 amide bonds. The second-order valence-electron chi connectivity index (χ2n) is 7.27. The van der Waals surface area contributed by atoms with Crippen molar-refractivity contribution in [2.45, 2.75) is 19.4 Å². The van der Waals surface area contributed by atoms with E-state index < -0.39 is 11.6 Å². The molecule has 1 aliphatic heterocycles. The molecule has 0 aliphatic carbocycles. The molecule has 0 bridgehead atoms. The summed E-state index contributed by atoms with van der Waals surface area (Å²) in [6.07, 6.45) is 6.45. The van der Waals surface area contributed by atoms with Crippen molar-refractivity contribution in [1.29, 1.82) is 0 Å². The SMILES string of the molecule is COc1cc(/C=C/C(=O)OC[C@@]2(C)C=Cc3cc(C(C)=O)cc(OC)c3O2)ccc1O. The van der Waals surface area contributed by atoms with Gasteiger partial charge in [-0.3, -0.25) is 4.79 Å². The normalized spacial score (nSPS) is 17.0. The molecular weight excluding hydrogens is 400 g/mol. The Morgan fingerprint density at radius 1 is 1.13 bits per heavy atom. The van der Waals surface area contributed by atoms with Crippen LogP contribution >= 0.6 is 0 Å². The Morgan fingerprint density at radius 3 is 2.55 bits per heavy atom. The van der Waals surface area contributed by atoms with Crippen molar-refractivity contribution in [2.24, 2.45) is 0 Å². The van der Waals surface area contributed by atoms with Crippen molar-refractivity contribution in [3.63, 3.8) is 0 Å². The van der Waals surface area contributed by atoms with Crippen LogP contribution in [0.2, 0.25) is 0 Å². The first kappa shape index (κ1) is 22.0. The highest BCUT2D eigenvalue weighted by molar-refractivity contribution is 5.96. The van der Waals surface area contributed by atoms with Crippen molar-refractivity contribution in [3.8, 4) is 23.0 Å². The van der Waals surface area contributed by atoms with E-state index in [1.54, 1.807) is 43.3 Å². The van der Waals surface area contributed by atoms with E-state index in [9.17, 15) is 14.7 Å². The lowest BCUT2D eigenvalue weighted by Gasteiger charge is -2.32. The summed E-state index contributed by atoms with van der Waals surface area (Å²) in [5, 5.41) is 9.63. The molecule has 1 heterocycles. The van der Waals surface area contributed by atoms with Gasteiger partial charge in [0.25, 0.3) is 0 Å². The van der Waals surface area contributed by atoms with Crippen LogP contribution in [0.25, 0.3) is 12.2 Å². The molecule has 0 fully saturated rings. The van der Waals surface area contributed by atoms with E-state index in [1.807, 2.05) is 6.08 Å². The van der Waals surface area contributed by atoms with E-state index >= 15 is 0 Å². The number of carbonyl (C=O) groups is 2. The van der Waals surface area contributed by atoms with Crippen molar-refractivity contribution in [2.75, 3.05) is 20.8 Å². The average molecular weight is 424 g/mol. The first-order valence-corrected chi connectivity index (χ1v) is 9.58. The molecule has 0 saturated carbocycles. The van der Waals surface area contributed by atoms with Gasteiger partial charge >= 0.3 is 5.97 Å². The second kappa shape index (κ2) is 8.95. The number of hydrogen-bond acceptors (Lipinski definition) is 7. The van der Waals surface area contributed by atoms with Gasteiger partial charge in [-0.1, -0.05) is 12.1 Å². The van der Waals surface area contributed by atoms with Crippen LogP contribution in [0.15, 0.2) is 42.5 Å². The Morgan fingerprint density at radius 2 is 1.87 bits per heavy atom. The van der Waals surface area contributed by atoms with Gasteiger partial charge in [0, 0.05) is 17.2 Å². The second-order valence-corrected chi connectivity index (χ2v) is 7.27. The lowest BCUT2D eigenvalue weighted by atomic mass is 9.98. The molecule has 2 aromatic carbocycles. The number of ether oxygens (including phenoxy) is 4. The first-order chi connectivity index (χ1) is 14.7. The summed E-state index contributed by atoms with van der Waals surface area (Å²) >= 11 is 0. The highest BCUT2D eigenvalue weighted by Crippen LogP contribution is 2.40. The van der Waals surface area contributed by atoms with E-state index in [0.29, 0.717) is 28.4 Å². The summed E-state index contributed by atoms with van der Waals surface area (Å²) in [6, 6.07) is 8.09. The maximum atomic E-state index is 12.2. The van der Waals surface area contributed by atoms with Crippen LogP contribution in [0, 0.1) is 0 Å². The Kier molecular flexibility index (Phi) is 6.34. The largest absolute Gasteiger partial charge is 0.504 e. The lowest BCUT2D eigenvalue weighted by Crippen LogP contribution is -2.38. The minimum absolute atomic E-state index is 0.0162. The number of carbonyl (C=O) groups excluding carboxylic acids is 2. The molecule has 7 nitrogen and oxygen atoms in total. The van der Waals surface area contributed by atoms with E-state index in [0.717, 1.165) is 5.56 Å². The van der Waals surface area contributed by atoms with E-state index in [4.69, 9.17) is 18.9 Å². The van der Waals surface area contributed by atoms with Crippen LogP contribution < -0.4 is 14.2 Å². The maximum absolute atomic E-state index is 12.2. The number of rotatable bonds is 7. The van der Waals surface area contributed by atoms with Crippen molar-refractivity contribution >= 4 is 23.9 Å². The summed E-state index contributed by atoms with van der Waals surface area (Å²) in [5.74, 6) is 0.627. The van der Waals surface area contributed by atoms with Gasteiger partial charge in [0.2, 0.25) is 0 Å². The number of phenolic OH excluding ortho intramolecular Hbond substituents is 1. The van der Waals surface area contributed by atoms with Gasteiger partial charge < -0.3 is 24.1 Å². The molecule has 7 heteroatoms. The number of fused-ring (bicyclic) bond motifs is 1. The molecule has 1 atom stereocenters. The third kappa shape index (κ3) is 5.06. The van der Waals surface area contributed by atoms with Gasteiger partial charge in [0.15, 0.2) is 34.4 Å². The number of esters is 1. The molecule has 162 valence electrons. The first-order valence-electron chi connectivity index (χ1n) is 9.58. The molecular formula is C24H24O7. The fourth-order valence-electron chi connectivity index (χ4n) is 3.05. The van der Waals surface area contributed by atoms with Crippen LogP contribution in [-0.4, -0.2) is 43.3 Å². The Labute approximate surface area is 180 Å². The molecule has 3 rings (SSSR count). The zero-order chi connectivity index (χ0) is 22.6. The van der Waals surface area contributed by atoms with Crippen LogP contribution in [0.1, 0.15) is 35.3 Å². The predicted octanol–water partition coefficient (Wildman–Crippen LogP) is 4.03. The standard InChI is InChI=1S/C24H24O7/c1-15(25)18-12-17-9-10-24(2,31-23(17)21(13-18)29-4)14-30-22(27)8-6-16-5-7-19(26)20(11-16)28-3/h5-13,26H,14H2,1-4H3/b8-6+/t24-/m1/s1. The monoisotopic (exact) mass is 424 g/mol. The summed E-state index contributed by atoms with van der Waals surface area (Å²) in [4.78, 5) is 23.9. The third-order valence-corrected chi connectivity index (χ3v) is 4.78. The third-order valence-electron chi connectivity index (χ3n) is 4.78. The molecule has 2 aromatic rings. The summed E-state index contributed by atoms with van der Waals surface area (Å²) < 4.78 is 21.9. The van der Waals surface area contributed by atoms with Crippen molar-refractivity contribution < 1.29 is 33.6 Å². The number of ketones is 1. The molecule has 0 spiro atoms. The lowest BCUT2D eigenvalue weighted by molar-refractivity contribution is -0.141. The van der Waals surface area contributed by atoms with Gasteiger partial charge in [0.1, 0.15) is 6.61 Å².